The summed E-state index contributed by atoms with van der Waals surface area (Å²) < 4.78 is 24.5. The first-order chi connectivity index (χ1) is 7.47. The van der Waals surface area contributed by atoms with Gasteiger partial charge in [0.05, 0.1) is 0 Å². The van der Waals surface area contributed by atoms with Crippen molar-refractivity contribution in [3.63, 3.8) is 0 Å². The van der Waals surface area contributed by atoms with E-state index in [0.29, 0.717) is 37.9 Å². The van der Waals surface area contributed by atoms with E-state index in [1.165, 1.54) is 6.26 Å². The Morgan fingerprint density at radius 3 is 2.88 bits per heavy atom. The summed E-state index contributed by atoms with van der Waals surface area (Å²) in [7, 11) is -3.07. The van der Waals surface area contributed by atoms with Crippen LogP contribution < -0.4 is 5.32 Å². The van der Waals surface area contributed by atoms with Gasteiger partial charge in [-0.3, -0.25) is 4.79 Å². The molecule has 1 N–H and O–H groups in total. The van der Waals surface area contributed by atoms with Gasteiger partial charge in [-0.2, -0.15) is 0 Å². The Balaban J connectivity index is 2.04. The molecule has 3 unspecified atom stereocenters. The number of rotatable bonds is 1. The molecule has 5 nitrogen and oxygen atoms in total. The van der Waals surface area contributed by atoms with Crippen LogP contribution in [0.15, 0.2) is 0 Å². The lowest BCUT2D eigenvalue weighted by atomic mass is 9.83. The van der Waals surface area contributed by atoms with E-state index in [-0.39, 0.29) is 5.91 Å². The summed E-state index contributed by atoms with van der Waals surface area (Å²) >= 11 is 0. The quantitative estimate of drug-likeness (QED) is 0.662. The number of hydrogen-bond acceptors (Lipinski definition) is 3. The van der Waals surface area contributed by atoms with E-state index in [1.54, 1.807) is 4.31 Å². The number of amides is 1. The molecule has 0 saturated carbocycles. The summed E-state index contributed by atoms with van der Waals surface area (Å²) in [6.45, 7) is 1.82. The van der Waals surface area contributed by atoms with E-state index in [1.807, 2.05) is 0 Å². The second kappa shape index (κ2) is 4.43. The highest BCUT2D eigenvalue weighted by molar-refractivity contribution is 7.94. The zero-order chi connectivity index (χ0) is 11.8. The Labute approximate surface area is 97.0 Å². The molecule has 0 bridgehead atoms. The largest absolute Gasteiger partial charge is 0.598 e. The van der Waals surface area contributed by atoms with Crippen molar-refractivity contribution in [3.8, 4) is 0 Å². The number of fused-ring (bicyclic) bond motifs is 1. The van der Waals surface area contributed by atoms with E-state index >= 15 is 0 Å². The molecular weight excluding hydrogens is 228 g/mol. The summed E-state index contributed by atoms with van der Waals surface area (Å²) in [5.74, 6) is 0.809. The van der Waals surface area contributed by atoms with Crippen molar-refractivity contribution in [2.75, 3.05) is 25.9 Å². The summed E-state index contributed by atoms with van der Waals surface area (Å²) in [4.78, 5) is 11.4. The Hall–Kier alpha value is -0.460. The van der Waals surface area contributed by atoms with Gasteiger partial charge in [0.1, 0.15) is 16.7 Å². The molecule has 2 aliphatic heterocycles. The minimum absolute atomic E-state index is 0.111. The highest BCUT2D eigenvalue weighted by Gasteiger charge is 2.37. The van der Waals surface area contributed by atoms with Crippen LogP contribution in [0.25, 0.3) is 0 Å². The van der Waals surface area contributed by atoms with Crippen LogP contribution in [-0.4, -0.2) is 40.7 Å². The monoisotopic (exact) mass is 246 g/mol. The topological polar surface area (TPSA) is 72.5 Å². The molecule has 2 rings (SSSR count). The van der Waals surface area contributed by atoms with Crippen LogP contribution in [0.3, 0.4) is 0 Å². The smallest absolute Gasteiger partial charge is 0.220 e. The van der Waals surface area contributed by atoms with E-state index in [2.05, 4.69) is 5.32 Å². The molecule has 92 valence electrons. The number of nitrogens with zero attached hydrogens (tertiary/aromatic N) is 1. The van der Waals surface area contributed by atoms with Gasteiger partial charge in [0, 0.05) is 26.1 Å². The van der Waals surface area contributed by atoms with Crippen molar-refractivity contribution in [3.05, 3.63) is 0 Å². The summed E-state index contributed by atoms with van der Waals surface area (Å²) in [5.41, 5.74) is 0. The highest BCUT2D eigenvalue weighted by atomic mass is 32.3. The van der Waals surface area contributed by atoms with Gasteiger partial charge in [-0.25, -0.2) is 0 Å². The molecule has 2 heterocycles. The zero-order valence-electron chi connectivity index (χ0n) is 9.48. The van der Waals surface area contributed by atoms with Crippen LogP contribution >= 0.6 is 0 Å². The van der Waals surface area contributed by atoms with Crippen molar-refractivity contribution in [2.24, 2.45) is 11.8 Å². The van der Waals surface area contributed by atoms with E-state index < -0.39 is 10.4 Å². The average molecular weight is 246 g/mol. The molecule has 2 saturated heterocycles. The molecular formula is C10H18N2O3S. The first-order valence-electron chi connectivity index (χ1n) is 5.68. The Bertz CT molecular complexity index is 328. The van der Waals surface area contributed by atoms with Crippen molar-refractivity contribution in [2.45, 2.75) is 19.3 Å². The molecule has 1 amide bonds. The van der Waals surface area contributed by atoms with Gasteiger partial charge < -0.3 is 9.87 Å². The van der Waals surface area contributed by atoms with Gasteiger partial charge in [0.15, 0.2) is 0 Å². The molecule has 2 aliphatic rings. The molecule has 3 atom stereocenters. The standard InChI is InChI=1S/C10H18N2O3S/c1-16(14,15)12-5-3-8-6-10(13)11-4-2-9(8)7-12/h8-9H,2-7H2,1H3,(H-,11,13,14,15). The van der Waals surface area contributed by atoms with Crippen LogP contribution in [0.2, 0.25) is 0 Å². The van der Waals surface area contributed by atoms with Gasteiger partial charge >= 0.3 is 0 Å². The molecule has 2 fully saturated rings. The van der Waals surface area contributed by atoms with Crippen LogP contribution in [0.5, 0.6) is 0 Å². The van der Waals surface area contributed by atoms with Gasteiger partial charge in [-0.15, -0.1) is 4.31 Å². The fourth-order valence-electron chi connectivity index (χ4n) is 2.65. The minimum Gasteiger partial charge on any atom is -0.598 e. The van der Waals surface area contributed by atoms with Crippen LogP contribution in [0.1, 0.15) is 19.3 Å². The predicted octanol–water partition coefficient (Wildman–Crippen LogP) is 0.00920. The number of piperidine rings is 1. The molecule has 0 aromatic carbocycles. The molecule has 0 radical (unpaired) electrons. The first-order valence-corrected chi connectivity index (χ1v) is 7.53. The van der Waals surface area contributed by atoms with Gasteiger partial charge in [0.25, 0.3) is 0 Å². The second-order valence-electron chi connectivity index (χ2n) is 4.77. The Morgan fingerprint density at radius 2 is 2.19 bits per heavy atom. The lowest BCUT2D eigenvalue weighted by Gasteiger charge is -2.37. The van der Waals surface area contributed by atoms with Gasteiger partial charge in [0.2, 0.25) is 5.91 Å². The van der Waals surface area contributed by atoms with Crippen LogP contribution in [0.4, 0.5) is 0 Å². The Kier molecular flexibility index (Phi) is 3.32. The second-order valence-corrected chi connectivity index (χ2v) is 6.76. The fourth-order valence-corrected chi connectivity index (χ4v) is 3.55. The molecule has 16 heavy (non-hydrogen) atoms. The van der Waals surface area contributed by atoms with Crippen LogP contribution in [0, 0.1) is 11.8 Å². The minimum atomic E-state index is -3.07. The maximum absolute atomic E-state index is 11.5. The van der Waals surface area contributed by atoms with E-state index in [4.69, 9.17) is 0 Å². The number of sulfonamides is 1. The van der Waals surface area contributed by atoms with E-state index in [9.17, 15) is 13.6 Å². The fraction of sp³-hybridized carbons (Fsp3) is 0.900. The van der Waals surface area contributed by atoms with Gasteiger partial charge in [-0.1, -0.05) is 4.21 Å². The number of carbonyl (C=O) groups excluding carboxylic acids is 1. The normalized spacial score (nSPS) is 35.8. The molecule has 0 aromatic heterocycles. The summed E-state index contributed by atoms with van der Waals surface area (Å²) in [6, 6.07) is 0. The summed E-state index contributed by atoms with van der Waals surface area (Å²) in [6.07, 6.45) is 3.52. The number of hydrogen-bond donors (Lipinski definition) is 1. The molecule has 0 aromatic rings. The highest BCUT2D eigenvalue weighted by Crippen LogP contribution is 2.32. The lowest BCUT2D eigenvalue weighted by molar-refractivity contribution is -0.121. The third-order valence-electron chi connectivity index (χ3n) is 3.61. The predicted molar refractivity (Wildman–Crippen MR) is 60.2 cm³/mol. The lowest BCUT2D eigenvalue weighted by Crippen LogP contribution is -2.46. The maximum Gasteiger partial charge on any atom is 0.220 e. The van der Waals surface area contributed by atoms with Crippen molar-refractivity contribution < 1.29 is 13.6 Å². The SMILES string of the molecule is C[S+](=O)([O-])N1CCC2CC(=O)NCCC2C1. The maximum atomic E-state index is 11.5. The zero-order valence-corrected chi connectivity index (χ0v) is 10.3. The Morgan fingerprint density at radius 1 is 1.44 bits per heavy atom. The first kappa shape index (κ1) is 12.0. The third kappa shape index (κ3) is 2.61. The number of carbonyl (C=O) groups is 1. The van der Waals surface area contributed by atoms with Crippen LogP contribution in [-0.2, 0) is 19.4 Å². The summed E-state index contributed by atoms with van der Waals surface area (Å²) in [5, 5.41) is 2.85. The van der Waals surface area contributed by atoms with Gasteiger partial charge in [-0.05, 0) is 24.7 Å². The van der Waals surface area contributed by atoms with Crippen molar-refractivity contribution in [1.82, 2.24) is 9.62 Å². The average Bonchev–Trinajstić information content (AvgIpc) is 2.35. The molecule has 0 spiro atoms. The third-order valence-corrected chi connectivity index (χ3v) is 4.88. The van der Waals surface area contributed by atoms with Crippen molar-refractivity contribution >= 4 is 16.3 Å². The van der Waals surface area contributed by atoms with E-state index in [0.717, 1.165) is 12.8 Å². The van der Waals surface area contributed by atoms with Crippen molar-refractivity contribution in [1.29, 1.82) is 0 Å². The molecule has 0 aliphatic carbocycles. The number of nitrogens with one attached hydrogen (secondary N) is 1. The molecule has 6 heteroatoms.